The number of aromatic nitrogens is 2. The van der Waals surface area contributed by atoms with Gasteiger partial charge in [-0.15, -0.1) is 0 Å². The van der Waals surface area contributed by atoms with Gasteiger partial charge in [0.05, 0.1) is 5.52 Å². The Labute approximate surface area is 165 Å². The first-order valence-electron chi connectivity index (χ1n) is 9.63. The van der Waals surface area contributed by atoms with Crippen molar-refractivity contribution in [3.63, 3.8) is 0 Å². The van der Waals surface area contributed by atoms with Crippen LogP contribution < -0.4 is 4.90 Å². The number of rotatable bonds is 3. The van der Waals surface area contributed by atoms with E-state index in [0.717, 1.165) is 25.2 Å². The van der Waals surface area contributed by atoms with Crippen molar-refractivity contribution in [2.45, 2.75) is 26.8 Å². The number of carbonyl (C=O) groups is 1. The van der Waals surface area contributed by atoms with E-state index < -0.39 is 0 Å². The maximum Gasteiger partial charge on any atom is 0.223 e. The standard InChI is InChI=1S/C23H26N4O/c1-16(18-7-10-24-11-8-18)14-27-22-6-5-19(26(4)17(2)28)13-20(22)21-15-25(3)12-9-23(21)27/h5-8,10-11,13-14H,9,12,15H2,1-4H3. The molecule has 2 aromatic heterocycles. The topological polar surface area (TPSA) is 41.4 Å². The van der Waals surface area contributed by atoms with Crippen molar-refractivity contribution in [2.75, 3.05) is 25.5 Å². The number of amides is 1. The summed E-state index contributed by atoms with van der Waals surface area (Å²) in [4.78, 5) is 20.0. The molecular weight excluding hydrogens is 348 g/mol. The fourth-order valence-corrected chi connectivity index (χ4v) is 3.94. The van der Waals surface area contributed by atoms with Gasteiger partial charge in [0.1, 0.15) is 0 Å². The number of benzene rings is 1. The van der Waals surface area contributed by atoms with Crippen molar-refractivity contribution in [1.29, 1.82) is 0 Å². The van der Waals surface area contributed by atoms with E-state index in [1.807, 2.05) is 37.6 Å². The van der Waals surface area contributed by atoms with Crippen molar-refractivity contribution >= 4 is 34.3 Å². The molecular formula is C23H26N4O. The fraction of sp³-hybridized carbons (Fsp3) is 0.304. The van der Waals surface area contributed by atoms with Gasteiger partial charge in [-0.2, -0.15) is 0 Å². The molecule has 3 heterocycles. The Balaban J connectivity index is 1.90. The summed E-state index contributed by atoms with van der Waals surface area (Å²) >= 11 is 0. The van der Waals surface area contributed by atoms with E-state index in [2.05, 4.69) is 46.8 Å². The second-order valence-electron chi connectivity index (χ2n) is 7.61. The largest absolute Gasteiger partial charge is 0.320 e. The Kier molecular flexibility index (Phi) is 4.77. The van der Waals surface area contributed by atoms with Crippen molar-refractivity contribution in [3.8, 4) is 0 Å². The van der Waals surface area contributed by atoms with Crippen molar-refractivity contribution in [3.05, 3.63) is 59.5 Å². The van der Waals surface area contributed by atoms with Crippen LogP contribution in [0.15, 0.2) is 42.7 Å². The van der Waals surface area contributed by atoms with Gasteiger partial charge in [0.2, 0.25) is 5.91 Å². The van der Waals surface area contributed by atoms with Gasteiger partial charge in [0.25, 0.3) is 0 Å². The molecule has 0 bridgehead atoms. The molecule has 0 saturated carbocycles. The molecule has 0 saturated heterocycles. The lowest BCUT2D eigenvalue weighted by Crippen LogP contribution is -2.27. The number of pyridine rings is 1. The van der Waals surface area contributed by atoms with Gasteiger partial charge in [-0.1, -0.05) is 0 Å². The van der Waals surface area contributed by atoms with Gasteiger partial charge < -0.3 is 14.4 Å². The summed E-state index contributed by atoms with van der Waals surface area (Å²) in [5, 5.41) is 1.23. The molecule has 0 unspecified atom stereocenters. The predicted molar refractivity (Wildman–Crippen MR) is 115 cm³/mol. The number of likely N-dealkylation sites (N-methyl/N-ethyl adjacent to an activating group) is 1. The third kappa shape index (κ3) is 3.22. The SMILES string of the molecule is CC(=O)N(C)c1ccc2c(c1)c1c(n2C=C(C)c2ccncc2)CCN(C)C1. The molecule has 1 aliphatic heterocycles. The molecule has 0 spiro atoms. The van der Waals surface area contributed by atoms with E-state index in [-0.39, 0.29) is 5.91 Å². The van der Waals surface area contributed by atoms with Crippen LogP contribution in [0, 0.1) is 0 Å². The molecule has 5 heteroatoms. The Morgan fingerprint density at radius 1 is 1.18 bits per heavy atom. The van der Waals surface area contributed by atoms with Gasteiger partial charge in [0.15, 0.2) is 0 Å². The van der Waals surface area contributed by atoms with Crippen molar-refractivity contribution in [2.24, 2.45) is 0 Å². The molecule has 0 fully saturated rings. The highest BCUT2D eigenvalue weighted by Crippen LogP contribution is 2.34. The van der Waals surface area contributed by atoms with Crippen LogP contribution in [0.5, 0.6) is 0 Å². The Morgan fingerprint density at radius 2 is 1.93 bits per heavy atom. The van der Waals surface area contributed by atoms with Crippen molar-refractivity contribution < 1.29 is 4.79 Å². The molecule has 144 valence electrons. The summed E-state index contributed by atoms with van der Waals surface area (Å²) in [6, 6.07) is 10.4. The van der Waals surface area contributed by atoms with Gasteiger partial charge in [-0.25, -0.2) is 0 Å². The zero-order valence-electron chi connectivity index (χ0n) is 16.9. The van der Waals surface area contributed by atoms with Gasteiger partial charge in [-0.05, 0) is 61.0 Å². The smallest absolute Gasteiger partial charge is 0.223 e. The zero-order valence-corrected chi connectivity index (χ0v) is 16.9. The molecule has 0 aliphatic carbocycles. The molecule has 4 rings (SSSR count). The van der Waals surface area contributed by atoms with Crippen LogP contribution in [-0.2, 0) is 17.8 Å². The number of allylic oxidation sites excluding steroid dienone is 1. The van der Waals surface area contributed by atoms with E-state index in [1.54, 1.807) is 11.8 Å². The molecule has 1 aromatic carbocycles. The Morgan fingerprint density at radius 3 is 2.64 bits per heavy atom. The van der Waals surface area contributed by atoms with Crippen LogP contribution in [0.2, 0.25) is 0 Å². The van der Waals surface area contributed by atoms with Gasteiger partial charge in [-0.3, -0.25) is 9.78 Å². The zero-order chi connectivity index (χ0) is 19.8. The maximum atomic E-state index is 11.8. The fourth-order valence-electron chi connectivity index (χ4n) is 3.94. The molecule has 1 aliphatic rings. The lowest BCUT2D eigenvalue weighted by molar-refractivity contribution is -0.116. The monoisotopic (exact) mass is 374 g/mol. The van der Waals surface area contributed by atoms with E-state index in [1.165, 1.54) is 33.3 Å². The second-order valence-corrected chi connectivity index (χ2v) is 7.61. The molecule has 5 nitrogen and oxygen atoms in total. The Bertz CT molecular complexity index is 1070. The quantitative estimate of drug-likeness (QED) is 0.695. The number of anilines is 1. The predicted octanol–water partition coefficient (Wildman–Crippen LogP) is 4.02. The van der Waals surface area contributed by atoms with Crippen LogP contribution >= 0.6 is 0 Å². The third-order valence-electron chi connectivity index (χ3n) is 5.68. The van der Waals surface area contributed by atoms with E-state index in [4.69, 9.17) is 0 Å². The molecule has 0 atom stereocenters. The maximum absolute atomic E-state index is 11.8. The normalized spacial score (nSPS) is 14.9. The highest BCUT2D eigenvalue weighted by molar-refractivity contribution is 5.97. The minimum atomic E-state index is 0.0400. The third-order valence-corrected chi connectivity index (χ3v) is 5.68. The molecule has 0 N–H and O–H groups in total. The molecule has 3 aromatic rings. The molecule has 28 heavy (non-hydrogen) atoms. The summed E-state index contributed by atoms with van der Waals surface area (Å²) in [7, 11) is 3.99. The first-order chi connectivity index (χ1) is 13.5. The van der Waals surface area contributed by atoms with Crippen LogP contribution in [0.1, 0.15) is 30.7 Å². The Hall–Kier alpha value is -2.92. The number of hydrogen-bond donors (Lipinski definition) is 0. The van der Waals surface area contributed by atoms with Gasteiger partial charge >= 0.3 is 0 Å². The summed E-state index contributed by atoms with van der Waals surface area (Å²) in [5.41, 5.74) is 7.22. The summed E-state index contributed by atoms with van der Waals surface area (Å²) in [6.45, 7) is 5.71. The molecule has 0 radical (unpaired) electrons. The van der Waals surface area contributed by atoms with E-state index >= 15 is 0 Å². The number of hydrogen-bond acceptors (Lipinski definition) is 3. The lowest BCUT2D eigenvalue weighted by atomic mass is 10.0. The van der Waals surface area contributed by atoms with E-state index in [0.29, 0.717) is 0 Å². The van der Waals surface area contributed by atoms with Crippen LogP contribution in [0.25, 0.3) is 22.7 Å². The van der Waals surface area contributed by atoms with E-state index in [9.17, 15) is 4.79 Å². The average molecular weight is 374 g/mol. The first-order valence-corrected chi connectivity index (χ1v) is 9.63. The van der Waals surface area contributed by atoms with Crippen LogP contribution in [0.4, 0.5) is 5.69 Å². The summed E-state index contributed by atoms with van der Waals surface area (Å²) in [5.74, 6) is 0.0400. The highest BCUT2D eigenvalue weighted by Gasteiger charge is 2.22. The summed E-state index contributed by atoms with van der Waals surface area (Å²) < 4.78 is 2.34. The highest BCUT2D eigenvalue weighted by atomic mass is 16.2. The summed E-state index contributed by atoms with van der Waals surface area (Å²) in [6.07, 6.45) is 6.90. The van der Waals surface area contributed by atoms with Gasteiger partial charge in [0, 0.05) is 68.8 Å². The van der Waals surface area contributed by atoms with Crippen LogP contribution in [-0.4, -0.2) is 41.0 Å². The number of fused-ring (bicyclic) bond motifs is 3. The lowest BCUT2D eigenvalue weighted by Gasteiger charge is -2.23. The first kappa shape index (κ1) is 18.4. The molecule has 1 amide bonds. The minimum absolute atomic E-state index is 0.0400. The average Bonchev–Trinajstić information content (AvgIpc) is 3.00. The second kappa shape index (κ2) is 7.24. The number of carbonyl (C=O) groups excluding carboxylic acids is 1. The van der Waals surface area contributed by atoms with Crippen LogP contribution in [0.3, 0.4) is 0 Å². The number of nitrogens with zero attached hydrogens (tertiary/aromatic N) is 4. The van der Waals surface area contributed by atoms with Crippen molar-refractivity contribution in [1.82, 2.24) is 14.5 Å². The minimum Gasteiger partial charge on any atom is -0.320 e.